The predicted octanol–water partition coefficient (Wildman–Crippen LogP) is 2.57. The third-order valence-electron chi connectivity index (χ3n) is 2.17. The van der Waals surface area contributed by atoms with Crippen LogP contribution in [0.25, 0.3) is 0 Å². The number of hydrogen-bond acceptors (Lipinski definition) is 3. The highest BCUT2D eigenvalue weighted by Gasteiger charge is 2.35. The van der Waals surface area contributed by atoms with Crippen LogP contribution in [0.1, 0.15) is 12.0 Å². The molecule has 0 aromatic heterocycles. The Hall–Kier alpha value is -1.59. The number of ether oxygens (including phenoxy) is 2. The molecule has 0 atom stereocenters. The molecule has 0 unspecified atom stereocenters. The molecule has 1 aliphatic heterocycles. The van der Waals surface area contributed by atoms with Crippen molar-refractivity contribution >= 4 is 0 Å². The summed E-state index contributed by atoms with van der Waals surface area (Å²) in [6, 6.07) is 1.69. The lowest BCUT2D eigenvalue weighted by atomic mass is 10.1. The first-order valence-electron chi connectivity index (χ1n) is 4.68. The van der Waals surface area contributed by atoms with Crippen LogP contribution in [0.5, 0.6) is 17.2 Å². The van der Waals surface area contributed by atoms with Crippen molar-refractivity contribution in [3.05, 3.63) is 17.7 Å². The summed E-state index contributed by atoms with van der Waals surface area (Å²) in [6.07, 6.45) is -4.01. The molecule has 3 nitrogen and oxygen atoms in total. The molecule has 2 rings (SSSR count). The summed E-state index contributed by atoms with van der Waals surface area (Å²) in [7, 11) is 0. The molecule has 1 aromatic carbocycles. The molecule has 16 heavy (non-hydrogen) atoms. The van der Waals surface area contributed by atoms with E-state index in [9.17, 15) is 18.3 Å². The van der Waals surface area contributed by atoms with Crippen LogP contribution >= 0.6 is 0 Å². The first-order valence-corrected chi connectivity index (χ1v) is 4.68. The van der Waals surface area contributed by atoms with E-state index in [1.807, 2.05) is 0 Å². The maximum Gasteiger partial charge on any atom is 0.420 e. The lowest BCUT2D eigenvalue weighted by Crippen LogP contribution is -2.06. The Morgan fingerprint density at radius 3 is 2.19 bits per heavy atom. The van der Waals surface area contributed by atoms with Gasteiger partial charge in [0, 0.05) is 12.5 Å². The largest absolute Gasteiger partial charge is 0.507 e. The summed E-state index contributed by atoms with van der Waals surface area (Å²) in [5.74, 6) is -0.692. The lowest BCUT2D eigenvalue weighted by Gasteiger charge is -2.13. The first kappa shape index (κ1) is 10.9. The fraction of sp³-hybridized carbons (Fsp3) is 0.400. The Morgan fingerprint density at radius 2 is 1.62 bits per heavy atom. The van der Waals surface area contributed by atoms with Gasteiger partial charge in [0.25, 0.3) is 0 Å². The van der Waals surface area contributed by atoms with Crippen LogP contribution in [0.4, 0.5) is 13.2 Å². The van der Waals surface area contributed by atoms with E-state index in [-0.39, 0.29) is 11.5 Å². The second kappa shape index (κ2) is 3.77. The molecule has 0 radical (unpaired) electrons. The maximum absolute atomic E-state index is 12.5. The van der Waals surface area contributed by atoms with Gasteiger partial charge in [-0.3, -0.25) is 0 Å². The quantitative estimate of drug-likeness (QED) is 0.749. The Balaban J connectivity index is 2.47. The summed E-state index contributed by atoms with van der Waals surface area (Å²) < 4.78 is 47.6. The van der Waals surface area contributed by atoms with Gasteiger partial charge in [-0.05, 0) is 6.07 Å². The number of alkyl halides is 3. The molecular formula is C10H9F3O3. The molecule has 0 bridgehead atoms. The highest BCUT2D eigenvalue weighted by molar-refractivity contribution is 5.51. The highest BCUT2D eigenvalue weighted by atomic mass is 19.4. The van der Waals surface area contributed by atoms with Gasteiger partial charge < -0.3 is 14.6 Å². The van der Waals surface area contributed by atoms with E-state index in [4.69, 9.17) is 9.47 Å². The van der Waals surface area contributed by atoms with Gasteiger partial charge in [-0.15, -0.1) is 0 Å². The average molecular weight is 234 g/mol. The van der Waals surface area contributed by atoms with Crippen LogP contribution in [0.3, 0.4) is 0 Å². The minimum absolute atomic E-state index is 0.0163. The molecule has 0 saturated heterocycles. The SMILES string of the molecule is Oc1cc2c(cc1C(F)(F)F)OCCCO2. The summed E-state index contributed by atoms with van der Waals surface area (Å²) in [4.78, 5) is 0. The normalized spacial score (nSPS) is 15.7. The number of halogens is 3. The Morgan fingerprint density at radius 1 is 1.06 bits per heavy atom. The third kappa shape index (κ3) is 2.00. The van der Waals surface area contributed by atoms with E-state index in [0.717, 1.165) is 12.1 Å². The van der Waals surface area contributed by atoms with Crippen LogP contribution in [0.2, 0.25) is 0 Å². The van der Waals surface area contributed by atoms with Crippen molar-refractivity contribution < 1.29 is 27.8 Å². The summed E-state index contributed by atoms with van der Waals surface area (Å²) >= 11 is 0. The average Bonchev–Trinajstić information content (AvgIpc) is 2.39. The zero-order valence-electron chi connectivity index (χ0n) is 8.17. The molecule has 1 aliphatic rings. The molecular weight excluding hydrogens is 225 g/mol. The lowest BCUT2D eigenvalue weighted by molar-refractivity contribution is -0.138. The van der Waals surface area contributed by atoms with E-state index in [2.05, 4.69) is 0 Å². The van der Waals surface area contributed by atoms with Gasteiger partial charge in [0.15, 0.2) is 11.5 Å². The number of aromatic hydroxyl groups is 1. The highest BCUT2D eigenvalue weighted by Crippen LogP contribution is 2.42. The minimum Gasteiger partial charge on any atom is -0.507 e. The van der Waals surface area contributed by atoms with Crippen LogP contribution in [-0.2, 0) is 6.18 Å². The molecule has 0 fully saturated rings. The molecule has 88 valence electrons. The zero-order valence-corrected chi connectivity index (χ0v) is 8.17. The summed E-state index contributed by atoms with van der Waals surface area (Å²) in [6.45, 7) is 0.660. The van der Waals surface area contributed by atoms with E-state index < -0.39 is 17.5 Å². The molecule has 0 aliphatic carbocycles. The van der Waals surface area contributed by atoms with Gasteiger partial charge in [0.1, 0.15) is 11.3 Å². The monoisotopic (exact) mass is 234 g/mol. The second-order valence-corrected chi connectivity index (χ2v) is 3.36. The fourth-order valence-corrected chi connectivity index (χ4v) is 1.43. The predicted molar refractivity (Wildman–Crippen MR) is 48.7 cm³/mol. The van der Waals surface area contributed by atoms with E-state index >= 15 is 0 Å². The van der Waals surface area contributed by atoms with Crippen molar-refractivity contribution in [1.82, 2.24) is 0 Å². The number of phenolic OH excluding ortho intramolecular Hbond substituents is 1. The minimum atomic E-state index is -4.60. The fourth-order valence-electron chi connectivity index (χ4n) is 1.43. The van der Waals surface area contributed by atoms with Gasteiger partial charge >= 0.3 is 6.18 Å². The smallest absolute Gasteiger partial charge is 0.420 e. The van der Waals surface area contributed by atoms with Gasteiger partial charge in [-0.2, -0.15) is 13.2 Å². The van der Waals surface area contributed by atoms with Gasteiger partial charge in [-0.25, -0.2) is 0 Å². The zero-order chi connectivity index (χ0) is 11.8. The molecule has 1 aromatic rings. The molecule has 0 spiro atoms. The van der Waals surface area contributed by atoms with Crippen molar-refractivity contribution in [2.75, 3.05) is 13.2 Å². The number of fused-ring (bicyclic) bond motifs is 1. The number of phenols is 1. The van der Waals surface area contributed by atoms with Crippen LogP contribution in [0, 0.1) is 0 Å². The maximum atomic E-state index is 12.5. The summed E-state index contributed by atoms with van der Waals surface area (Å²) in [5.41, 5.74) is -1.11. The van der Waals surface area contributed by atoms with E-state index in [1.54, 1.807) is 0 Å². The Bertz CT molecular complexity index is 401. The van der Waals surface area contributed by atoms with Crippen molar-refractivity contribution in [3.63, 3.8) is 0 Å². The van der Waals surface area contributed by atoms with Crippen molar-refractivity contribution in [2.24, 2.45) is 0 Å². The van der Waals surface area contributed by atoms with Crippen molar-refractivity contribution in [3.8, 4) is 17.2 Å². The number of hydrogen-bond donors (Lipinski definition) is 1. The van der Waals surface area contributed by atoms with Gasteiger partial charge in [-0.1, -0.05) is 0 Å². The molecule has 1 heterocycles. The standard InChI is InChI=1S/C10H9F3O3/c11-10(12,13)6-4-8-9(5-7(6)14)16-3-1-2-15-8/h4-5,14H,1-3H2. The third-order valence-corrected chi connectivity index (χ3v) is 2.17. The van der Waals surface area contributed by atoms with Crippen LogP contribution in [0.15, 0.2) is 12.1 Å². The Kier molecular flexibility index (Phi) is 2.57. The first-order chi connectivity index (χ1) is 7.48. The number of benzene rings is 1. The molecule has 0 amide bonds. The van der Waals surface area contributed by atoms with Crippen LogP contribution in [-0.4, -0.2) is 18.3 Å². The summed E-state index contributed by atoms with van der Waals surface area (Å²) in [5, 5.41) is 9.24. The molecule has 1 N–H and O–H groups in total. The van der Waals surface area contributed by atoms with Crippen molar-refractivity contribution in [2.45, 2.75) is 12.6 Å². The Labute approximate surface area is 89.4 Å². The van der Waals surface area contributed by atoms with Gasteiger partial charge in [0.05, 0.1) is 13.2 Å². The second-order valence-electron chi connectivity index (χ2n) is 3.36. The topological polar surface area (TPSA) is 38.7 Å². The van der Waals surface area contributed by atoms with Gasteiger partial charge in [0.2, 0.25) is 0 Å². The van der Waals surface area contributed by atoms with E-state index in [1.165, 1.54) is 0 Å². The van der Waals surface area contributed by atoms with E-state index in [0.29, 0.717) is 19.6 Å². The molecule has 0 saturated carbocycles. The van der Waals surface area contributed by atoms with Crippen LogP contribution < -0.4 is 9.47 Å². The number of rotatable bonds is 0. The molecule has 6 heteroatoms. The van der Waals surface area contributed by atoms with Crippen molar-refractivity contribution in [1.29, 1.82) is 0 Å².